The molecule has 1 aromatic carbocycles. The lowest BCUT2D eigenvalue weighted by molar-refractivity contribution is 0.296. The van der Waals surface area contributed by atoms with Crippen LogP contribution in [0.1, 0.15) is 44.6 Å². The van der Waals surface area contributed by atoms with Gasteiger partial charge in [0, 0.05) is 38.3 Å². The van der Waals surface area contributed by atoms with Crippen LogP contribution < -0.4 is 15.4 Å². The second kappa shape index (κ2) is 12.1. The van der Waals surface area contributed by atoms with Gasteiger partial charge in [-0.1, -0.05) is 25.1 Å². The summed E-state index contributed by atoms with van der Waals surface area (Å²) < 4.78 is 32.0. The predicted octanol–water partition coefficient (Wildman–Crippen LogP) is 2.96. The molecule has 1 heterocycles. The Morgan fingerprint density at radius 2 is 1.90 bits per heavy atom. The van der Waals surface area contributed by atoms with E-state index in [0.717, 1.165) is 42.6 Å². The predicted molar refractivity (Wildman–Crippen MR) is 132 cm³/mol. The number of halogens is 1. The lowest BCUT2D eigenvalue weighted by atomic mass is 10.1. The molecular formula is C21H35IN4O3S. The van der Waals surface area contributed by atoms with Crippen molar-refractivity contribution in [3.63, 3.8) is 0 Å². The zero-order valence-electron chi connectivity index (χ0n) is 18.0. The van der Waals surface area contributed by atoms with Gasteiger partial charge in [-0.05, 0) is 44.1 Å². The van der Waals surface area contributed by atoms with Gasteiger partial charge < -0.3 is 15.4 Å². The Labute approximate surface area is 198 Å². The molecule has 1 aliphatic heterocycles. The Hall–Kier alpha value is -1.07. The fourth-order valence-electron chi connectivity index (χ4n) is 3.52. The maximum absolute atomic E-state index is 12.2. The highest BCUT2D eigenvalue weighted by Crippen LogP contribution is 2.30. The molecule has 0 bridgehead atoms. The molecule has 0 unspecified atom stereocenters. The number of aliphatic imine (C=N–C) groups is 1. The molecule has 0 aromatic heterocycles. The molecule has 1 aromatic rings. The lowest BCUT2D eigenvalue weighted by Gasteiger charge is -2.32. The van der Waals surface area contributed by atoms with E-state index in [1.165, 1.54) is 12.8 Å². The van der Waals surface area contributed by atoms with E-state index in [-0.39, 0.29) is 35.8 Å². The standard InChI is InChI=1S/C21H34N4O3S.HI/c1-3-14-29(26,27)25-12-10-19(11-13-25)24-21(22-2)23-15-18-6-4-5-7-20(18)28-16-17-8-9-17;/h4-7,17,19H,3,8-16H2,1-2H3,(H2,22,23,24);1H. The summed E-state index contributed by atoms with van der Waals surface area (Å²) in [5, 5.41) is 6.80. The van der Waals surface area contributed by atoms with E-state index >= 15 is 0 Å². The molecule has 7 nitrogen and oxygen atoms in total. The topological polar surface area (TPSA) is 83.0 Å². The Morgan fingerprint density at radius 1 is 1.20 bits per heavy atom. The van der Waals surface area contributed by atoms with Crippen molar-refractivity contribution in [1.29, 1.82) is 0 Å². The summed E-state index contributed by atoms with van der Waals surface area (Å²) in [6.45, 7) is 4.45. The zero-order chi connectivity index (χ0) is 20.7. The number of guanidine groups is 1. The van der Waals surface area contributed by atoms with Gasteiger partial charge in [0.1, 0.15) is 5.75 Å². The van der Waals surface area contributed by atoms with Crippen molar-refractivity contribution >= 4 is 40.0 Å². The molecule has 0 atom stereocenters. The van der Waals surface area contributed by atoms with E-state index in [1.54, 1.807) is 11.4 Å². The molecule has 1 aliphatic carbocycles. The molecule has 0 radical (unpaired) electrons. The molecule has 1 saturated carbocycles. The maximum Gasteiger partial charge on any atom is 0.214 e. The number of para-hydroxylation sites is 1. The summed E-state index contributed by atoms with van der Waals surface area (Å²) in [5.74, 6) is 2.61. The summed E-state index contributed by atoms with van der Waals surface area (Å²) in [6.07, 6.45) is 4.77. The van der Waals surface area contributed by atoms with Crippen LogP contribution in [0.5, 0.6) is 5.75 Å². The SMILES string of the molecule is CCCS(=O)(=O)N1CCC(NC(=NC)NCc2ccccc2OCC2CC2)CC1.I. The second-order valence-corrected chi connectivity index (χ2v) is 10.0. The number of nitrogens with zero attached hydrogens (tertiary/aromatic N) is 2. The van der Waals surface area contributed by atoms with E-state index < -0.39 is 10.0 Å². The van der Waals surface area contributed by atoms with Crippen LogP contribution in [0.4, 0.5) is 0 Å². The van der Waals surface area contributed by atoms with Crippen LogP contribution in [0.15, 0.2) is 29.3 Å². The van der Waals surface area contributed by atoms with Crippen LogP contribution in [-0.4, -0.2) is 57.2 Å². The number of ether oxygens (including phenoxy) is 1. The van der Waals surface area contributed by atoms with Gasteiger partial charge in [0.05, 0.1) is 12.4 Å². The Balaban J connectivity index is 0.00000320. The largest absolute Gasteiger partial charge is 0.493 e. The number of hydrogen-bond acceptors (Lipinski definition) is 4. The van der Waals surface area contributed by atoms with Crippen molar-refractivity contribution in [2.24, 2.45) is 10.9 Å². The summed E-state index contributed by atoms with van der Waals surface area (Å²) in [6, 6.07) is 8.32. The summed E-state index contributed by atoms with van der Waals surface area (Å²) in [4.78, 5) is 4.33. The zero-order valence-corrected chi connectivity index (χ0v) is 21.1. The lowest BCUT2D eigenvalue weighted by Crippen LogP contribution is -2.49. The Morgan fingerprint density at radius 3 is 2.53 bits per heavy atom. The molecule has 1 saturated heterocycles. The van der Waals surface area contributed by atoms with Crippen molar-refractivity contribution in [1.82, 2.24) is 14.9 Å². The van der Waals surface area contributed by atoms with E-state index in [4.69, 9.17) is 4.74 Å². The van der Waals surface area contributed by atoms with Crippen LogP contribution in [0.25, 0.3) is 0 Å². The number of rotatable bonds is 9. The van der Waals surface area contributed by atoms with Gasteiger partial charge in [-0.25, -0.2) is 12.7 Å². The summed E-state index contributed by atoms with van der Waals surface area (Å²) in [5.41, 5.74) is 1.11. The van der Waals surface area contributed by atoms with Crippen LogP contribution in [-0.2, 0) is 16.6 Å². The van der Waals surface area contributed by atoms with E-state index in [2.05, 4.69) is 21.7 Å². The van der Waals surface area contributed by atoms with Gasteiger partial charge in [0.25, 0.3) is 0 Å². The second-order valence-electron chi connectivity index (χ2n) is 7.92. The quantitative estimate of drug-likeness (QED) is 0.281. The summed E-state index contributed by atoms with van der Waals surface area (Å²) in [7, 11) is -1.35. The van der Waals surface area contributed by atoms with E-state index in [9.17, 15) is 8.42 Å². The van der Waals surface area contributed by atoms with Crippen molar-refractivity contribution in [2.75, 3.05) is 32.5 Å². The summed E-state index contributed by atoms with van der Waals surface area (Å²) >= 11 is 0. The van der Waals surface area contributed by atoms with Crippen LogP contribution in [0, 0.1) is 5.92 Å². The smallest absolute Gasteiger partial charge is 0.214 e. The molecule has 9 heteroatoms. The van der Waals surface area contributed by atoms with Gasteiger partial charge in [0.15, 0.2) is 5.96 Å². The Bertz CT molecular complexity index is 791. The average Bonchev–Trinajstić information content (AvgIpc) is 3.55. The van der Waals surface area contributed by atoms with Crippen molar-refractivity contribution in [3.8, 4) is 5.75 Å². The molecule has 2 N–H and O–H groups in total. The number of hydrogen-bond donors (Lipinski definition) is 2. The molecule has 170 valence electrons. The first-order valence-corrected chi connectivity index (χ1v) is 12.3. The number of piperidine rings is 1. The molecule has 30 heavy (non-hydrogen) atoms. The normalized spacial score (nSPS) is 18.5. The highest BCUT2D eigenvalue weighted by atomic mass is 127. The number of nitrogens with one attached hydrogen (secondary N) is 2. The van der Waals surface area contributed by atoms with Crippen LogP contribution >= 0.6 is 24.0 Å². The third-order valence-corrected chi connectivity index (χ3v) is 7.54. The average molecular weight is 551 g/mol. The third-order valence-electron chi connectivity index (χ3n) is 5.46. The molecule has 0 spiro atoms. The minimum atomic E-state index is -3.10. The molecule has 2 aliphatic rings. The first-order valence-electron chi connectivity index (χ1n) is 10.7. The Kier molecular flexibility index (Phi) is 10.2. The number of benzene rings is 1. The third kappa shape index (κ3) is 7.56. The fraction of sp³-hybridized carbons (Fsp3) is 0.667. The van der Waals surface area contributed by atoms with Crippen LogP contribution in [0.3, 0.4) is 0 Å². The fourth-order valence-corrected chi connectivity index (χ4v) is 5.06. The van der Waals surface area contributed by atoms with Crippen molar-refractivity contribution < 1.29 is 13.2 Å². The first kappa shape index (κ1) is 25.2. The molecule has 3 rings (SSSR count). The van der Waals surface area contributed by atoms with E-state index in [0.29, 0.717) is 26.1 Å². The van der Waals surface area contributed by atoms with Crippen molar-refractivity contribution in [3.05, 3.63) is 29.8 Å². The van der Waals surface area contributed by atoms with E-state index in [1.807, 2.05) is 25.1 Å². The molecule has 2 fully saturated rings. The van der Waals surface area contributed by atoms with Gasteiger partial charge in [0.2, 0.25) is 10.0 Å². The maximum atomic E-state index is 12.2. The highest BCUT2D eigenvalue weighted by molar-refractivity contribution is 14.0. The van der Waals surface area contributed by atoms with Gasteiger partial charge in [-0.3, -0.25) is 4.99 Å². The monoisotopic (exact) mass is 550 g/mol. The minimum absolute atomic E-state index is 0. The van der Waals surface area contributed by atoms with Crippen LogP contribution in [0.2, 0.25) is 0 Å². The molecular weight excluding hydrogens is 515 g/mol. The highest BCUT2D eigenvalue weighted by Gasteiger charge is 2.27. The van der Waals surface area contributed by atoms with Crippen molar-refractivity contribution in [2.45, 2.75) is 51.6 Å². The van der Waals surface area contributed by atoms with Gasteiger partial charge in [-0.2, -0.15) is 0 Å². The minimum Gasteiger partial charge on any atom is -0.493 e. The number of sulfonamides is 1. The molecule has 0 amide bonds. The first-order chi connectivity index (χ1) is 14.0. The van der Waals surface area contributed by atoms with Gasteiger partial charge >= 0.3 is 0 Å². The van der Waals surface area contributed by atoms with Gasteiger partial charge in [-0.15, -0.1) is 24.0 Å².